The molecule has 4 N–H and O–H groups in total. The van der Waals surface area contributed by atoms with Crippen LogP contribution >= 0.6 is 11.3 Å². The van der Waals surface area contributed by atoms with Crippen LogP contribution in [-0.4, -0.2) is 37.6 Å². The average molecular weight is 331 g/mol. The summed E-state index contributed by atoms with van der Waals surface area (Å²) < 4.78 is 34.3. The molecule has 0 amide bonds. The molecule has 1 atom stereocenters. The molecule has 1 saturated heterocycles. The maximum absolute atomic E-state index is 12.5. The predicted octanol–water partition coefficient (Wildman–Crippen LogP) is 0.386. The second-order valence-electron chi connectivity index (χ2n) is 4.88. The van der Waals surface area contributed by atoms with Crippen molar-refractivity contribution < 1.29 is 13.2 Å². The van der Waals surface area contributed by atoms with Gasteiger partial charge in [0.2, 0.25) is 5.03 Å². The fourth-order valence-electron chi connectivity index (χ4n) is 2.39. The highest BCUT2D eigenvalue weighted by Gasteiger charge is 2.26. The highest BCUT2D eigenvalue weighted by atomic mass is 32.2. The number of hydrazine groups is 1. The molecule has 10 heteroatoms. The van der Waals surface area contributed by atoms with Crippen LogP contribution in [0.1, 0.15) is 12.8 Å². The lowest BCUT2D eigenvalue weighted by Crippen LogP contribution is -2.28. The van der Waals surface area contributed by atoms with E-state index in [1.165, 1.54) is 15.7 Å². The second kappa shape index (κ2) is 5.89. The number of fused-ring (bicyclic) bond motifs is 1. The number of rotatable bonds is 6. The number of nitrogens with zero attached hydrogens (tertiary/aromatic N) is 2. The Balaban J connectivity index is 1.77. The minimum atomic E-state index is -3.67. The first-order chi connectivity index (χ1) is 10.1. The van der Waals surface area contributed by atoms with Gasteiger partial charge in [-0.05, 0) is 18.8 Å². The van der Waals surface area contributed by atoms with Gasteiger partial charge in [0.25, 0.3) is 10.0 Å². The van der Waals surface area contributed by atoms with Crippen molar-refractivity contribution in [2.45, 2.75) is 17.9 Å². The molecular formula is C11H17N5O3S2. The van der Waals surface area contributed by atoms with Gasteiger partial charge in [-0.1, -0.05) is 0 Å². The minimum absolute atomic E-state index is 0.0453. The summed E-state index contributed by atoms with van der Waals surface area (Å²) in [5.41, 5.74) is 2.34. The summed E-state index contributed by atoms with van der Waals surface area (Å²) in [6.07, 6.45) is 3.40. The topological polar surface area (TPSA) is 111 Å². The molecular weight excluding hydrogens is 314 g/mol. The van der Waals surface area contributed by atoms with Crippen LogP contribution < -0.4 is 16.0 Å². The maximum atomic E-state index is 12.5. The molecule has 0 radical (unpaired) electrons. The number of nitrogen functional groups attached to an aromatic ring is 1. The van der Waals surface area contributed by atoms with E-state index in [1.54, 1.807) is 11.6 Å². The van der Waals surface area contributed by atoms with Crippen LogP contribution in [0, 0.1) is 5.92 Å². The average Bonchev–Trinajstić information content (AvgIpc) is 3.13. The molecule has 2 aromatic rings. The third-order valence-electron chi connectivity index (χ3n) is 3.48. The van der Waals surface area contributed by atoms with E-state index in [1.807, 2.05) is 0 Å². The number of ether oxygens (including phenoxy) is 1. The Morgan fingerprint density at radius 1 is 1.57 bits per heavy atom. The zero-order valence-corrected chi connectivity index (χ0v) is 12.9. The number of nitrogens with two attached hydrogens (primary N) is 1. The Morgan fingerprint density at radius 3 is 3.14 bits per heavy atom. The van der Waals surface area contributed by atoms with Gasteiger partial charge in [0.15, 0.2) is 10.8 Å². The number of anilines is 1. The number of aromatic nitrogens is 2. The third kappa shape index (κ3) is 2.90. The predicted molar refractivity (Wildman–Crippen MR) is 79.6 cm³/mol. The summed E-state index contributed by atoms with van der Waals surface area (Å²) in [5, 5.41) is 1.82. The van der Waals surface area contributed by atoms with Crippen molar-refractivity contribution in [2.75, 3.05) is 25.2 Å². The lowest BCUT2D eigenvalue weighted by atomic mass is 10.1. The first-order valence-electron chi connectivity index (χ1n) is 6.61. The highest BCUT2D eigenvalue weighted by Crippen LogP contribution is 2.25. The molecule has 1 aliphatic rings. The number of hydrogen-bond acceptors (Lipinski definition) is 7. The normalized spacial score (nSPS) is 19.4. The first kappa shape index (κ1) is 14.7. The van der Waals surface area contributed by atoms with E-state index in [0.29, 0.717) is 24.0 Å². The molecule has 2 aromatic heterocycles. The van der Waals surface area contributed by atoms with Crippen LogP contribution in [0.15, 0.2) is 16.6 Å². The van der Waals surface area contributed by atoms with E-state index in [-0.39, 0.29) is 10.8 Å². The zero-order valence-electron chi connectivity index (χ0n) is 11.3. The molecule has 0 saturated carbocycles. The quantitative estimate of drug-likeness (QED) is 0.521. The van der Waals surface area contributed by atoms with Crippen molar-refractivity contribution >= 4 is 32.1 Å². The monoisotopic (exact) mass is 331 g/mol. The van der Waals surface area contributed by atoms with Crippen LogP contribution in [0.25, 0.3) is 4.96 Å². The zero-order chi connectivity index (χ0) is 14.9. The Labute approximate surface area is 126 Å². The van der Waals surface area contributed by atoms with Gasteiger partial charge in [0.05, 0.1) is 0 Å². The lowest BCUT2D eigenvalue weighted by molar-refractivity contribution is 0.184. The van der Waals surface area contributed by atoms with Crippen LogP contribution in [0.4, 0.5) is 5.82 Å². The van der Waals surface area contributed by atoms with Crippen LogP contribution in [0.5, 0.6) is 0 Å². The molecule has 3 rings (SSSR count). The van der Waals surface area contributed by atoms with Gasteiger partial charge in [0, 0.05) is 31.3 Å². The summed E-state index contributed by atoms with van der Waals surface area (Å²) in [4.78, 5) is 4.73. The number of thiazole rings is 1. The largest absolute Gasteiger partial charge is 0.381 e. The van der Waals surface area contributed by atoms with Crippen molar-refractivity contribution in [3.05, 3.63) is 11.6 Å². The first-order valence-corrected chi connectivity index (χ1v) is 8.97. The van der Waals surface area contributed by atoms with Crippen molar-refractivity contribution in [1.82, 2.24) is 14.1 Å². The van der Waals surface area contributed by atoms with E-state index in [4.69, 9.17) is 10.6 Å². The molecule has 0 bridgehead atoms. The van der Waals surface area contributed by atoms with E-state index >= 15 is 0 Å². The molecule has 8 nitrogen and oxygen atoms in total. The number of nitrogens with one attached hydrogen (secondary N) is 2. The summed E-state index contributed by atoms with van der Waals surface area (Å²) >= 11 is 1.35. The summed E-state index contributed by atoms with van der Waals surface area (Å²) in [5.74, 6) is 5.94. The van der Waals surface area contributed by atoms with E-state index in [2.05, 4.69) is 15.1 Å². The number of imidazole rings is 1. The van der Waals surface area contributed by atoms with E-state index < -0.39 is 10.0 Å². The third-order valence-corrected chi connectivity index (χ3v) is 5.72. The smallest absolute Gasteiger partial charge is 0.260 e. The van der Waals surface area contributed by atoms with E-state index in [0.717, 1.165) is 19.4 Å². The maximum Gasteiger partial charge on any atom is 0.260 e. The standard InChI is InChI=1S/C11H17N5O3S2/c12-15-9-10(16-4-6-20-11(16)14-9)21(17,18)13-3-1-8-2-5-19-7-8/h4,6,8,13,15H,1-3,5,7,12H2. The van der Waals surface area contributed by atoms with Gasteiger partial charge < -0.3 is 10.2 Å². The van der Waals surface area contributed by atoms with Gasteiger partial charge in [-0.15, -0.1) is 11.3 Å². The van der Waals surface area contributed by atoms with Gasteiger partial charge in [-0.3, -0.25) is 4.40 Å². The molecule has 21 heavy (non-hydrogen) atoms. The van der Waals surface area contributed by atoms with Crippen LogP contribution in [-0.2, 0) is 14.8 Å². The lowest BCUT2D eigenvalue weighted by Gasteiger charge is -2.10. The Morgan fingerprint density at radius 2 is 2.43 bits per heavy atom. The summed E-state index contributed by atoms with van der Waals surface area (Å²) in [6.45, 7) is 1.84. The molecule has 1 fully saturated rings. The van der Waals surface area contributed by atoms with Crippen LogP contribution in [0.2, 0.25) is 0 Å². The fraction of sp³-hybridized carbons (Fsp3) is 0.545. The molecule has 1 aliphatic heterocycles. The summed E-state index contributed by atoms with van der Waals surface area (Å²) in [6, 6.07) is 0. The van der Waals surface area contributed by atoms with Gasteiger partial charge in [-0.2, -0.15) is 4.98 Å². The minimum Gasteiger partial charge on any atom is -0.381 e. The highest BCUT2D eigenvalue weighted by molar-refractivity contribution is 7.89. The molecule has 0 aromatic carbocycles. The molecule has 116 valence electrons. The molecule has 3 heterocycles. The van der Waals surface area contributed by atoms with Crippen LogP contribution in [0.3, 0.4) is 0 Å². The molecule has 1 unspecified atom stereocenters. The second-order valence-corrected chi connectivity index (χ2v) is 7.44. The molecule has 0 spiro atoms. The van der Waals surface area contributed by atoms with Crippen molar-refractivity contribution in [2.24, 2.45) is 11.8 Å². The van der Waals surface area contributed by atoms with Gasteiger partial charge in [-0.25, -0.2) is 19.0 Å². The number of hydrogen-bond donors (Lipinski definition) is 3. The number of sulfonamides is 1. The van der Waals surface area contributed by atoms with Crippen molar-refractivity contribution in [3.63, 3.8) is 0 Å². The fourth-order valence-corrected chi connectivity index (χ4v) is 4.45. The Bertz CT molecular complexity index is 717. The van der Waals surface area contributed by atoms with E-state index in [9.17, 15) is 8.42 Å². The van der Waals surface area contributed by atoms with Crippen molar-refractivity contribution in [3.8, 4) is 0 Å². The molecule has 0 aliphatic carbocycles. The van der Waals surface area contributed by atoms with Crippen molar-refractivity contribution in [1.29, 1.82) is 0 Å². The summed E-state index contributed by atoms with van der Waals surface area (Å²) in [7, 11) is -3.67. The SMILES string of the molecule is NNc1nc2sccn2c1S(=O)(=O)NCCC1CCOC1. The Hall–Kier alpha value is -1.20. The van der Waals surface area contributed by atoms with Gasteiger partial charge >= 0.3 is 0 Å². The Kier molecular flexibility index (Phi) is 4.13. The van der Waals surface area contributed by atoms with Gasteiger partial charge in [0.1, 0.15) is 0 Å².